The molecule has 0 aliphatic carbocycles. The highest BCUT2D eigenvalue weighted by molar-refractivity contribution is 5.80. The Morgan fingerprint density at radius 1 is 0.385 bits per heavy atom. The van der Waals surface area contributed by atoms with Gasteiger partial charge in [0.25, 0.3) is 0 Å². The van der Waals surface area contributed by atoms with Crippen molar-refractivity contribution in [2.45, 2.75) is 441 Å². The van der Waals surface area contributed by atoms with E-state index >= 15 is 0 Å². The van der Waals surface area contributed by atoms with Crippen LogP contribution in [0.5, 0.6) is 0 Å². The van der Waals surface area contributed by atoms with E-state index in [1.807, 2.05) is 0 Å². The molecule has 11 nitrogen and oxygen atoms in total. The molecule has 0 spiro atoms. The second-order valence-electron chi connectivity index (χ2n) is 27.8. The fourth-order valence-electron chi connectivity index (χ4n) is 12.8. The topological polar surface area (TPSA) is 189 Å². The lowest BCUT2D eigenvalue weighted by atomic mass is 9.98. The van der Waals surface area contributed by atoms with Crippen molar-refractivity contribution >= 4 is 5.91 Å². The summed E-state index contributed by atoms with van der Waals surface area (Å²) in [6.07, 6.45) is 79.4. The highest BCUT2D eigenvalue weighted by Crippen LogP contribution is 2.24. The zero-order valence-corrected chi connectivity index (χ0v) is 59.6. The molecule has 0 aromatic carbocycles. The van der Waals surface area contributed by atoms with Gasteiger partial charge in [0.15, 0.2) is 6.29 Å². The number of amides is 1. The zero-order chi connectivity index (χ0) is 66.0. The molecular formula is C80H151NO10. The first-order valence-electron chi connectivity index (χ1n) is 39.5. The molecule has 1 saturated heterocycles. The first kappa shape index (κ1) is 87.1. The number of aliphatic hydroxyl groups excluding tert-OH is 7. The predicted octanol–water partition coefficient (Wildman–Crippen LogP) is 20.3. The van der Waals surface area contributed by atoms with Crippen LogP contribution in [0.25, 0.3) is 0 Å². The molecule has 1 fully saturated rings. The number of hydrogen-bond acceptors (Lipinski definition) is 10. The average Bonchev–Trinajstić information content (AvgIpc) is 1.05. The molecule has 8 N–H and O–H groups in total. The highest BCUT2D eigenvalue weighted by atomic mass is 16.7. The van der Waals surface area contributed by atoms with Crippen molar-refractivity contribution in [2.75, 3.05) is 13.2 Å². The van der Waals surface area contributed by atoms with E-state index in [2.05, 4.69) is 67.8 Å². The Kier molecular flexibility index (Phi) is 65.1. The number of unbranched alkanes of at least 4 members (excludes halogenated alkanes) is 50. The first-order chi connectivity index (χ1) is 44.7. The number of nitrogens with one attached hydrogen (secondary N) is 1. The minimum atomic E-state index is -1.67. The summed E-state index contributed by atoms with van der Waals surface area (Å²) in [5, 5.41) is 76.7. The van der Waals surface area contributed by atoms with Crippen molar-refractivity contribution in [2.24, 2.45) is 0 Å². The molecule has 1 aliphatic heterocycles. The molecule has 91 heavy (non-hydrogen) atoms. The van der Waals surface area contributed by atoms with Crippen molar-refractivity contribution < 1.29 is 50.0 Å². The normalized spacial score (nSPS) is 18.6. The SMILES string of the molecule is CCCCCCCCCCC/C=C\C/C=C\CCCCCCCCCCCCCCCCCCC(O)C(=O)NC(COC1OC(CO)C(O)C(O)C1O)C(O)C(O)CCC/C=C/CC/C=C/CCCCCCCCCCCCCCCCCCCCCCCCC. The van der Waals surface area contributed by atoms with Gasteiger partial charge in [-0.2, -0.15) is 0 Å². The molecule has 1 rings (SSSR count). The van der Waals surface area contributed by atoms with Crippen LogP contribution < -0.4 is 5.32 Å². The van der Waals surface area contributed by atoms with Crippen LogP contribution in [-0.2, 0) is 14.3 Å². The molecule has 536 valence electrons. The molecule has 9 atom stereocenters. The van der Waals surface area contributed by atoms with E-state index in [1.54, 1.807) is 0 Å². The van der Waals surface area contributed by atoms with Gasteiger partial charge in [-0.15, -0.1) is 0 Å². The van der Waals surface area contributed by atoms with Gasteiger partial charge in [-0.05, 0) is 83.5 Å². The zero-order valence-electron chi connectivity index (χ0n) is 59.6. The van der Waals surface area contributed by atoms with E-state index < -0.39 is 74.2 Å². The van der Waals surface area contributed by atoms with Crippen LogP contribution in [0.1, 0.15) is 386 Å². The molecule has 0 aromatic rings. The van der Waals surface area contributed by atoms with Gasteiger partial charge in [0.05, 0.1) is 25.4 Å². The van der Waals surface area contributed by atoms with Gasteiger partial charge in [0.2, 0.25) is 5.91 Å². The van der Waals surface area contributed by atoms with Crippen LogP contribution in [0.15, 0.2) is 48.6 Å². The number of ether oxygens (including phenoxy) is 2. The van der Waals surface area contributed by atoms with Crippen molar-refractivity contribution in [3.8, 4) is 0 Å². The van der Waals surface area contributed by atoms with E-state index in [1.165, 1.54) is 295 Å². The van der Waals surface area contributed by atoms with Crippen molar-refractivity contribution in [3.05, 3.63) is 48.6 Å². The lowest BCUT2D eigenvalue weighted by molar-refractivity contribution is -0.303. The standard InChI is InChI=1S/C80H151NO10/c1-3-5-7-9-11-13-15-17-19-21-23-25-27-29-31-33-35-37-39-41-43-45-47-49-51-53-55-57-59-61-63-65-67-72(83)75(85)71(70-90-80-78(88)77(87)76(86)74(69-82)91-80)81-79(89)73(84)68-66-64-62-60-58-56-54-52-50-48-46-44-42-40-38-36-34-32-30-28-26-24-22-20-18-16-14-12-10-8-6-4-2/h24,26,30,32,51,53,59,61,71-78,80,82-88H,3-23,25,27-29,31,33-50,52,54-58,60,62-70H2,1-2H3,(H,81,89)/b26-24-,32-30-,53-51+,61-59+. The maximum Gasteiger partial charge on any atom is 0.249 e. The third kappa shape index (κ3) is 54.8. The Labute approximate surface area is 561 Å². The van der Waals surface area contributed by atoms with Crippen molar-refractivity contribution in [1.29, 1.82) is 0 Å². The fraction of sp³-hybridized carbons (Fsp3) is 0.887. The minimum Gasteiger partial charge on any atom is -0.394 e. The Hall–Kier alpha value is -1.93. The van der Waals surface area contributed by atoms with E-state index in [-0.39, 0.29) is 12.8 Å². The molecule has 9 unspecified atom stereocenters. The predicted molar refractivity (Wildman–Crippen MR) is 385 cm³/mol. The van der Waals surface area contributed by atoms with Crippen LogP contribution in [0.2, 0.25) is 0 Å². The van der Waals surface area contributed by atoms with E-state index in [4.69, 9.17) is 9.47 Å². The largest absolute Gasteiger partial charge is 0.394 e. The summed E-state index contributed by atoms with van der Waals surface area (Å²) in [6, 6.07) is -1.19. The van der Waals surface area contributed by atoms with Crippen LogP contribution in [0.4, 0.5) is 0 Å². The first-order valence-corrected chi connectivity index (χ1v) is 39.5. The fourth-order valence-corrected chi connectivity index (χ4v) is 12.8. The smallest absolute Gasteiger partial charge is 0.249 e. The third-order valence-corrected chi connectivity index (χ3v) is 19.1. The molecule has 1 heterocycles. The van der Waals surface area contributed by atoms with Crippen molar-refractivity contribution in [3.63, 3.8) is 0 Å². The molecule has 0 bridgehead atoms. The van der Waals surface area contributed by atoms with Gasteiger partial charge in [-0.3, -0.25) is 4.79 Å². The summed E-state index contributed by atoms with van der Waals surface area (Å²) in [7, 11) is 0. The molecular weight excluding hydrogens is 1130 g/mol. The molecule has 0 radical (unpaired) electrons. The maximum absolute atomic E-state index is 13.3. The monoisotopic (exact) mass is 1290 g/mol. The number of carbonyl (C=O) groups excluding carboxylic acids is 1. The Balaban J connectivity index is 2.17. The van der Waals surface area contributed by atoms with Crippen LogP contribution in [0, 0.1) is 0 Å². The van der Waals surface area contributed by atoms with Gasteiger partial charge in [0, 0.05) is 0 Å². The quantitative estimate of drug-likeness (QED) is 0.0215. The summed E-state index contributed by atoms with van der Waals surface area (Å²) >= 11 is 0. The molecule has 0 saturated carbocycles. The lowest BCUT2D eigenvalue weighted by Crippen LogP contribution is -2.60. The summed E-state index contributed by atoms with van der Waals surface area (Å²) < 4.78 is 11.2. The Morgan fingerprint density at radius 3 is 1.04 bits per heavy atom. The molecule has 0 aromatic heterocycles. The number of allylic oxidation sites excluding steroid dienone is 8. The molecule has 1 amide bonds. The highest BCUT2D eigenvalue weighted by Gasteiger charge is 2.44. The summed E-state index contributed by atoms with van der Waals surface area (Å²) in [6.45, 7) is 3.50. The number of hydrogen-bond donors (Lipinski definition) is 8. The Morgan fingerprint density at radius 2 is 0.692 bits per heavy atom. The number of aliphatic hydroxyl groups is 7. The van der Waals surface area contributed by atoms with E-state index in [0.29, 0.717) is 19.3 Å². The maximum atomic E-state index is 13.3. The summed E-state index contributed by atoms with van der Waals surface area (Å²) in [4.78, 5) is 13.3. The van der Waals surface area contributed by atoms with Crippen LogP contribution in [-0.4, -0.2) is 110 Å². The molecule has 11 heteroatoms. The summed E-state index contributed by atoms with van der Waals surface area (Å²) in [5.41, 5.74) is 0. The lowest BCUT2D eigenvalue weighted by Gasteiger charge is -2.40. The average molecular weight is 1290 g/mol. The minimum absolute atomic E-state index is 0.247. The van der Waals surface area contributed by atoms with Gasteiger partial charge < -0.3 is 50.5 Å². The van der Waals surface area contributed by atoms with Gasteiger partial charge in [0.1, 0.15) is 36.6 Å². The van der Waals surface area contributed by atoms with E-state index in [0.717, 1.165) is 44.9 Å². The molecule has 1 aliphatic rings. The van der Waals surface area contributed by atoms with Crippen LogP contribution >= 0.6 is 0 Å². The second-order valence-corrected chi connectivity index (χ2v) is 27.8. The number of rotatable bonds is 70. The summed E-state index contributed by atoms with van der Waals surface area (Å²) in [5.74, 6) is -0.705. The second kappa shape index (κ2) is 68.0. The Bertz CT molecular complexity index is 1620. The van der Waals surface area contributed by atoms with Gasteiger partial charge in [-0.1, -0.05) is 351 Å². The van der Waals surface area contributed by atoms with Gasteiger partial charge >= 0.3 is 0 Å². The van der Waals surface area contributed by atoms with E-state index in [9.17, 15) is 40.5 Å². The van der Waals surface area contributed by atoms with Crippen molar-refractivity contribution in [1.82, 2.24) is 5.32 Å². The number of carbonyl (C=O) groups is 1. The van der Waals surface area contributed by atoms with Crippen LogP contribution in [0.3, 0.4) is 0 Å². The van der Waals surface area contributed by atoms with Gasteiger partial charge in [-0.25, -0.2) is 0 Å². The third-order valence-electron chi connectivity index (χ3n) is 19.1.